The van der Waals surface area contributed by atoms with E-state index in [0.29, 0.717) is 24.4 Å². The van der Waals surface area contributed by atoms with Gasteiger partial charge in [0.15, 0.2) is 0 Å². The van der Waals surface area contributed by atoms with Gasteiger partial charge in [0.25, 0.3) is 5.91 Å². The monoisotopic (exact) mass is 432 g/mol. The summed E-state index contributed by atoms with van der Waals surface area (Å²) in [5.41, 5.74) is 16.6. The van der Waals surface area contributed by atoms with E-state index in [0.717, 1.165) is 36.0 Å². The molecule has 0 saturated heterocycles. The summed E-state index contributed by atoms with van der Waals surface area (Å²) in [5.74, 6) is -0.149. The van der Waals surface area contributed by atoms with Crippen molar-refractivity contribution in [2.75, 3.05) is 5.73 Å². The molecule has 2 unspecified atom stereocenters. The smallest absolute Gasteiger partial charge is 0.251 e. The maximum absolute atomic E-state index is 12.5. The van der Waals surface area contributed by atoms with Crippen LogP contribution in [0.5, 0.6) is 0 Å². The highest BCUT2D eigenvalue weighted by Crippen LogP contribution is 2.23. The van der Waals surface area contributed by atoms with Gasteiger partial charge in [-0.05, 0) is 47.4 Å². The van der Waals surface area contributed by atoms with Gasteiger partial charge in [0.2, 0.25) is 0 Å². The van der Waals surface area contributed by atoms with Gasteiger partial charge < -0.3 is 21.5 Å². The van der Waals surface area contributed by atoms with Crippen molar-refractivity contribution in [1.82, 2.24) is 10.3 Å². The molecule has 2 atom stereocenters. The first-order valence-electron chi connectivity index (χ1n) is 11.1. The van der Waals surface area contributed by atoms with Gasteiger partial charge in [-0.2, -0.15) is 0 Å². The van der Waals surface area contributed by atoms with Crippen LogP contribution in [0.4, 0.5) is 5.69 Å². The molecular formula is C26H32N4O2. The maximum Gasteiger partial charge on any atom is 0.251 e. The largest absolute Gasteiger partial charge is 0.398 e. The summed E-state index contributed by atoms with van der Waals surface area (Å²) in [5, 5.41) is 2.91. The number of aromatic nitrogens is 1. The average Bonchev–Trinajstić information content (AvgIpc) is 2.84. The van der Waals surface area contributed by atoms with E-state index in [1.54, 1.807) is 24.5 Å². The second kappa shape index (κ2) is 12.0. The number of para-hydroxylation sites is 1. The second-order valence-corrected chi connectivity index (χ2v) is 7.88. The average molecular weight is 433 g/mol. The molecule has 0 aliphatic carbocycles. The van der Waals surface area contributed by atoms with E-state index in [1.807, 2.05) is 48.5 Å². The highest BCUT2D eigenvalue weighted by Gasteiger charge is 2.20. The molecule has 0 spiro atoms. The Hall–Kier alpha value is -3.22. The second-order valence-electron chi connectivity index (χ2n) is 7.88. The molecule has 0 aliphatic heterocycles. The number of nitrogens with two attached hydrogens (primary N) is 2. The highest BCUT2D eigenvalue weighted by atomic mass is 16.5. The minimum Gasteiger partial charge on any atom is -0.398 e. The predicted molar refractivity (Wildman–Crippen MR) is 128 cm³/mol. The molecule has 1 aromatic heterocycles. The molecule has 0 aliphatic rings. The van der Waals surface area contributed by atoms with Crippen molar-refractivity contribution in [2.24, 2.45) is 5.73 Å². The van der Waals surface area contributed by atoms with Crippen molar-refractivity contribution < 1.29 is 9.53 Å². The number of anilines is 1. The van der Waals surface area contributed by atoms with Gasteiger partial charge in [0, 0.05) is 30.2 Å². The molecule has 5 N–H and O–H groups in total. The lowest BCUT2D eigenvalue weighted by atomic mass is 9.97. The van der Waals surface area contributed by atoms with Crippen molar-refractivity contribution in [1.29, 1.82) is 0 Å². The number of carbonyl (C=O) groups is 1. The Morgan fingerprint density at radius 2 is 1.88 bits per heavy atom. The number of hydrogen-bond donors (Lipinski definition) is 3. The fourth-order valence-corrected chi connectivity index (χ4v) is 3.50. The van der Waals surface area contributed by atoms with Crippen LogP contribution in [-0.2, 0) is 17.9 Å². The lowest BCUT2D eigenvalue weighted by Gasteiger charge is -2.25. The SMILES string of the molecule is CCCCC(OCc1cccnc1)C(N)c1ccc(C(=O)NCc2ccccc2N)cc1. The van der Waals surface area contributed by atoms with E-state index in [2.05, 4.69) is 17.2 Å². The fraction of sp³-hybridized carbons (Fsp3) is 0.308. The first kappa shape index (κ1) is 23.4. The van der Waals surface area contributed by atoms with Crippen LogP contribution in [0.2, 0.25) is 0 Å². The standard InChI is InChI=1S/C26H32N4O2/c1-2-3-10-24(32-18-19-7-6-15-29-16-19)25(28)20-11-13-21(14-12-20)26(31)30-17-22-8-4-5-9-23(22)27/h4-9,11-16,24-25H,2-3,10,17-18,27-28H2,1H3,(H,30,31). The maximum atomic E-state index is 12.5. The van der Waals surface area contributed by atoms with Gasteiger partial charge in [-0.1, -0.05) is 56.2 Å². The first-order chi connectivity index (χ1) is 15.6. The van der Waals surface area contributed by atoms with Crippen LogP contribution < -0.4 is 16.8 Å². The summed E-state index contributed by atoms with van der Waals surface area (Å²) in [6, 6.07) is 18.5. The third-order valence-electron chi connectivity index (χ3n) is 5.48. The number of pyridine rings is 1. The van der Waals surface area contributed by atoms with Gasteiger partial charge in [-0.15, -0.1) is 0 Å². The molecule has 6 nitrogen and oxygen atoms in total. The molecule has 3 aromatic rings. The molecule has 0 fully saturated rings. The summed E-state index contributed by atoms with van der Waals surface area (Å²) < 4.78 is 6.17. The number of hydrogen-bond acceptors (Lipinski definition) is 5. The lowest BCUT2D eigenvalue weighted by Crippen LogP contribution is -2.29. The zero-order chi connectivity index (χ0) is 22.8. The van der Waals surface area contributed by atoms with Gasteiger partial charge >= 0.3 is 0 Å². The number of amides is 1. The molecule has 0 bridgehead atoms. The fourth-order valence-electron chi connectivity index (χ4n) is 3.50. The number of carbonyl (C=O) groups excluding carboxylic acids is 1. The summed E-state index contributed by atoms with van der Waals surface area (Å²) in [4.78, 5) is 16.7. The van der Waals surface area contributed by atoms with E-state index in [4.69, 9.17) is 16.2 Å². The molecule has 1 amide bonds. The number of benzene rings is 2. The van der Waals surface area contributed by atoms with Crippen molar-refractivity contribution in [3.05, 3.63) is 95.3 Å². The molecule has 168 valence electrons. The Bertz CT molecular complexity index is 977. The van der Waals surface area contributed by atoms with Crippen molar-refractivity contribution >= 4 is 11.6 Å². The van der Waals surface area contributed by atoms with Crippen LogP contribution in [0.1, 0.15) is 59.3 Å². The highest BCUT2D eigenvalue weighted by molar-refractivity contribution is 5.94. The van der Waals surface area contributed by atoms with Gasteiger partial charge in [-0.25, -0.2) is 0 Å². The molecule has 6 heteroatoms. The molecule has 32 heavy (non-hydrogen) atoms. The Labute approximate surface area is 190 Å². The van der Waals surface area contributed by atoms with Crippen molar-refractivity contribution in [3.8, 4) is 0 Å². The van der Waals surface area contributed by atoms with Crippen LogP contribution in [-0.4, -0.2) is 17.0 Å². The summed E-state index contributed by atoms with van der Waals surface area (Å²) in [6.07, 6.45) is 6.42. The van der Waals surface area contributed by atoms with Crippen LogP contribution in [0.15, 0.2) is 73.1 Å². The molecule has 2 aromatic carbocycles. The topological polar surface area (TPSA) is 103 Å². The van der Waals surface area contributed by atoms with Crippen molar-refractivity contribution in [2.45, 2.75) is 51.5 Å². The quantitative estimate of drug-likeness (QED) is 0.390. The third-order valence-corrected chi connectivity index (χ3v) is 5.48. The van der Waals surface area contributed by atoms with Crippen LogP contribution in [0, 0.1) is 0 Å². The minimum absolute atomic E-state index is 0.115. The predicted octanol–water partition coefficient (Wildman–Crippen LogP) is 4.37. The van der Waals surface area contributed by atoms with Crippen LogP contribution >= 0.6 is 0 Å². The van der Waals surface area contributed by atoms with E-state index >= 15 is 0 Å². The zero-order valence-corrected chi connectivity index (χ0v) is 18.5. The summed E-state index contributed by atoms with van der Waals surface area (Å²) in [6.45, 7) is 3.01. The summed E-state index contributed by atoms with van der Waals surface area (Å²) in [7, 11) is 0. The first-order valence-corrected chi connectivity index (χ1v) is 11.1. The lowest BCUT2D eigenvalue weighted by molar-refractivity contribution is 0.0160. The van der Waals surface area contributed by atoms with Crippen molar-refractivity contribution in [3.63, 3.8) is 0 Å². The van der Waals surface area contributed by atoms with Crippen LogP contribution in [0.25, 0.3) is 0 Å². The number of nitrogens with one attached hydrogen (secondary N) is 1. The zero-order valence-electron chi connectivity index (χ0n) is 18.5. The Morgan fingerprint density at radius 3 is 2.56 bits per heavy atom. The van der Waals surface area contributed by atoms with E-state index in [-0.39, 0.29) is 18.1 Å². The normalized spacial score (nSPS) is 12.8. The van der Waals surface area contributed by atoms with Gasteiger partial charge in [0.05, 0.1) is 18.8 Å². The number of ether oxygens (including phenoxy) is 1. The Kier molecular flexibility index (Phi) is 8.78. The molecule has 3 rings (SSSR count). The number of nitrogen functional groups attached to an aromatic ring is 1. The van der Waals surface area contributed by atoms with E-state index < -0.39 is 0 Å². The molecule has 1 heterocycles. The van der Waals surface area contributed by atoms with E-state index in [9.17, 15) is 4.79 Å². The Morgan fingerprint density at radius 1 is 1.09 bits per heavy atom. The molecule has 0 saturated carbocycles. The third kappa shape index (κ3) is 6.64. The van der Waals surface area contributed by atoms with Gasteiger partial charge in [0.1, 0.15) is 0 Å². The Balaban J connectivity index is 1.61. The number of unbranched alkanes of at least 4 members (excludes halogenated alkanes) is 1. The minimum atomic E-state index is -0.278. The van der Waals surface area contributed by atoms with Gasteiger partial charge in [-0.3, -0.25) is 9.78 Å². The molecular weight excluding hydrogens is 400 g/mol. The molecule has 0 radical (unpaired) electrons. The number of nitrogens with zero attached hydrogens (tertiary/aromatic N) is 1. The van der Waals surface area contributed by atoms with Crippen LogP contribution in [0.3, 0.4) is 0 Å². The van der Waals surface area contributed by atoms with E-state index in [1.165, 1.54) is 0 Å². The summed E-state index contributed by atoms with van der Waals surface area (Å²) >= 11 is 0. The number of rotatable bonds is 11.